The third-order valence-corrected chi connectivity index (χ3v) is 4.73. The van der Waals surface area contributed by atoms with Crippen LogP contribution in [-0.4, -0.2) is 45.5 Å². The van der Waals surface area contributed by atoms with Crippen molar-refractivity contribution in [2.24, 2.45) is 0 Å². The minimum absolute atomic E-state index is 0.139. The van der Waals surface area contributed by atoms with Crippen molar-refractivity contribution in [1.29, 1.82) is 0 Å². The summed E-state index contributed by atoms with van der Waals surface area (Å²) in [5.41, 5.74) is 2.08. The van der Waals surface area contributed by atoms with E-state index in [1.54, 1.807) is 6.20 Å². The van der Waals surface area contributed by atoms with Gasteiger partial charge in [0.25, 0.3) is 0 Å². The van der Waals surface area contributed by atoms with Gasteiger partial charge >= 0.3 is 0 Å². The van der Waals surface area contributed by atoms with E-state index < -0.39 is 0 Å². The van der Waals surface area contributed by atoms with Crippen LogP contribution in [0.4, 0.5) is 0 Å². The molecule has 1 aliphatic heterocycles. The maximum absolute atomic E-state index is 6.46. The Morgan fingerprint density at radius 2 is 2.17 bits per heavy atom. The lowest BCUT2D eigenvalue weighted by Crippen LogP contribution is -2.43. The van der Waals surface area contributed by atoms with Gasteiger partial charge in [-0.15, -0.1) is 0 Å². The first kappa shape index (κ1) is 15.6. The molecule has 3 heterocycles. The molecule has 1 saturated heterocycles. The first-order valence-electron chi connectivity index (χ1n) is 8.13. The van der Waals surface area contributed by atoms with Gasteiger partial charge in [-0.25, -0.2) is 0 Å². The Balaban J connectivity index is 1.52. The lowest BCUT2D eigenvalue weighted by molar-refractivity contribution is -0.0401. The molecule has 6 heteroatoms. The molecule has 124 valence electrons. The van der Waals surface area contributed by atoms with E-state index in [2.05, 4.69) is 21.0 Å². The average molecular weight is 343 g/mol. The van der Waals surface area contributed by atoms with Crippen molar-refractivity contribution in [1.82, 2.24) is 19.7 Å². The van der Waals surface area contributed by atoms with Gasteiger partial charge in [-0.3, -0.25) is 14.6 Å². The van der Waals surface area contributed by atoms with E-state index in [-0.39, 0.29) is 6.10 Å². The Bertz CT molecular complexity index is 821. The SMILES string of the molecule is Clc1ccc2cccnc2c1CN1CCO[C@@H](Cn2cccn2)C1. The number of ether oxygens (including phenoxy) is 1. The molecule has 0 amide bonds. The molecule has 0 spiro atoms. The van der Waals surface area contributed by atoms with Gasteiger partial charge in [-0.05, 0) is 18.2 Å². The van der Waals surface area contributed by atoms with Crippen molar-refractivity contribution in [2.75, 3.05) is 19.7 Å². The van der Waals surface area contributed by atoms with Crippen molar-refractivity contribution < 1.29 is 4.74 Å². The molecule has 5 nitrogen and oxygen atoms in total. The van der Waals surface area contributed by atoms with Crippen LogP contribution >= 0.6 is 11.6 Å². The van der Waals surface area contributed by atoms with Crippen LogP contribution < -0.4 is 0 Å². The summed E-state index contributed by atoms with van der Waals surface area (Å²) in [5.74, 6) is 0. The second-order valence-corrected chi connectivity index (χ2v) is 6.46. The lowest BCUT2D eigenvalue weighted by Gasteiger charge is -2.33. The quantitative estimate of drug-likeness (QED) is 0.731. The zero-order valence-corrected chi connectivity index (χ0v) is 14.1. The van der Waals surface area contributed by atoms with Crippen molar-refractivity contribution in [3.05, 3.63) is 59.5 Å². The Labute approximate surface area is 145 Å². The maximum Gasteiger partial charge on any atom is 0.0898 e. The minimum atomic E-state index is 0.139. The molecule has 0 bridgehead atoms. The van der Waals surface area contributed by atoms with Crippen LogP contribution in [0.1, 0.15) is 5.56 Å². The molecule has 1 aliphatic rings. The van der Waals surface area contributed by atoms with Crippen molar-refractivity contribution in [2.45, 2.75) is 19.2 Å². The number of hydrogen-bond acceptors (Lipinski definition) is 4. The van der Waals surface area contributed by atoms with Gasteiger partial charge < -0.3 is 4.74 Å². The summed E-state index contributed by atoms with van der Waals surface area (Å²) >= 11 is 6.46. The number of nitrogens with zero attached hydrogens (tertiary/aromatic N) is 4. The Morgan fingerprint density at radius 1 is 1.21 bits per heavy atom. The van der Waals surface area contributed by atoms with E-state index in [4.69, 9.17) is 16.3 Å². The number of rotatable bonds is 4. The fourth-order valence-electron chi connectivity index (χ4n) is 3.21. The van der Waals surface area contributed by atoms with Gasteiger partial charge in [0.15, 0.2) is 0 Å². The van der Waals surface area contributed by atoms with Crippen LogP contribution in [0.3, 0.4) is 0 Å². The zero-order valence-electron chi connectivity index (χ0n) is 13.3. The topological polar surface area (TPSA) is 43.2 Å². The second-order valence-electron chi connectivity index (χ2n) is 6.06. The summed E-state index contributed by atoms with van der Waals surface area (Å²) in [6, 6.07) is 9.94. The van der Waals surface area contributed by atoms with Gasteiger partial charge in [-0.1, -0.05) is 23.7 Å². The van der Waals surface area contributed by atoms with E-state index in [1.165, 1.54) is 0 Å². The summed E-state index contributed by atoms with van der Waals surface area (Å²) in [7, 11) is 0. The van der Waals surface area contributed by atoms with Crippen LogP contribution in [0.2, 0.25) is 5.02 Å². The Kier molecular flexibility index (Phi) is 4.47. The largest absolute Gasteiger partial charge is 0.374 e. The van der Waals surface area contributed by atoms with Crippen LogP contribution in [0, 0.1) is 0 Å². The number of hydrogen-bond donors (Lipinski definition) is 0. The van der Waals surface area contributed by atoms with E-state index in [0.29, 0.717) is 0 Å². The number of aromatic nitrogens is 3. The van der Waals surface area contributed by atoms with Gasteiger partial charge in [-0.2, -0.15) is 5.10 Å². The van der Waals surface area contributed by atoms with Gasteiger partial charge in [0, 0.05) is 54.2 Å². The molecular weight excluding hydrogens is 324 g/mol. The van der Waals surface area contributed by atoms with Crippen LogP contribution in [-0.2, 0) is 17.8 Å². The standard InChI is InChI=1S/C18H19ClN4O/c19-17-5-4-14-3-1-6-20-18(14)16(17)13-22-9-10-24-15(11-22)12-23-8-2-7-21-23/h1-8,15H,9-13H2/t15-/m1/s1. The van der Waals surface area contributed by atoms with Crippen molar-refractivity contribution in [3.63, 3.8) is 0 Å². The number of pyridine rings is 1. The third-order valence-electron chi connectivity index (χ3n) is 4.38. The monoisotopic (exact) mass is 342 g/mol. The molecule has 24 heavy (non-hydrogen) atoms. The first-order chi connectivity index (χ1) is 11.8. The lowest BCUT2D eigenvalue weighted by atomic mass is 10.1. The van der Waals surface area contributed by atoms with Crippen LogP contribution in [0.5, 0.6) is 0 Å². The highest BCUT2D eigenvalue weighted by Crippen LogP contribution is 2.26. The molecule has 0 N–H and O–H groups in total. The van der Waals surface area contributed by atoms with Crippen molar-refractivity contribution in [3.8, 4) is 0 Å². The fourth-order valence-corrected chi connectivity index (χ4v) is 3.42. The smallest absolute Gasteiger partial charge is 0.0898 e. The number of morpholine rings is 1. The minimum Gasteiger partial charge on any atom is -0.374 e. The number of benzene rings is 1. The molecule has 3 aromatic rings. The molecule has 0 unspecified atom stereocenters. The van der Waals surface area contributed by atoms with E-state index in [0.717, 1.165) is 54.3 Å². The highest BCUT2D eigenvalue weighted by atomic mass is 35.5. The molecule has 1 aromatic carbocycles. The molecule has 1 fully saturated rings. The van der Waals surface area contributed by atoms with Crippen LogP contribution in [0.25, 0.3) is 10.9 Å². The summed E-state index contributed by atoms with van der Waals surface area (Å²) in [5, 5.41) is 6.16. The zero-order chi connectivity index (χ0) is 16.4. The molecule has 4 rings (SSSR count). The highest BCUT2D eigenvalue weighted by molar-refractivity contribution is 6.32. The molecular formula is C18H19ClN4O. The average Bonchev–Trinajstić information content (AvgIpc) is 3.11. The van der Waals surface area contributed by atoms with Crippen LogP contribution in [0.15, 0.2) is 48.9 Å². The predicted molar refractivity (Wildman–Crippen MR) is 94.0 cm³/mol. The summed E-state index contributed by atoms with van der Waals surface area (Å²) in [6.07, 6.45) is 5.72. The number of halogens is 1. The van der Waals surface area contributed by atoms with Gasteiger partial charge in [0.05, 0.1) is 24.8 Å². The molecule has 0 aliphatic carbocycles. The summed E-state index contributed by atoms with van der Waals surface area (Å²) in [4.78, 5) is 6.91. The Hall–Kier alpha value is -1.95. The van der Waals surface area contributed by atoms with Crippen molar-refractivity contribution >= 4 is 22.5 Å². The normalized spacial score (nSPS) is 19.0. The first-order valence-corrected chi connectivity index (χ1v) is 8.51. The second kappa shape index (κ2) is 6.89. The summed E-state index contributed by atoms with van der Waals surface area (Å²) in [6.45, 7) is 4.04. The fraction of sp³-hybridized carbons (Fsp3) is 0.333. The Morgan fingerprint density at radius 3 is 3.04 bits per heavy atom. The predicted octanol–water partition coefficient (Wildman–Crippen LogP) is 2.99. The van der Waals surface area contributed by atoms with E-state index in [1.807, 2.05) is 41.3 Å². The maximum atomic E-state index is 6.46. The molecule has 1 atom stereocenters. The number of fused-ring (bicyclic) bond motifs is 1. The highest BCUT2D eigenvalue weighted by Gasteiger charge is 2.22. The van der Waals surface area contributed by atoms with E-state index >= 15 is 0 Å². The van der Waals surface area contributed by atoms with E-state index in [9.17, 15) is 0 Å². The van der Waals surface area contributed by atoms with Gasteiger partial charge in [0.1, 0.15) is 0 Å². The van der Waals surface area contributed by atoms with Gasteiger partial charge in [0.2, 0.25) is 0 Å². The molecule has 2 aromatic heterocycles. The molecule has 0 saturated carbocycles. The summed E-state index contributed by atoms with van der Waals surface area (Å²) < 4.78 is 7.80. The molecule has 0 radical (unpaired) electrons. The third kappa shape index (κ3) is 3.29.